The Kier molecular flexibility index (Phi) is 4.89. The zero-order valence-corrected chi connectivity index (χ0v) is 16.1. The molecule has 2 aromatic rings. The fourth-order valence-corrected chi connectivity index (χ4v) is 4.21. The number of hydrogen-bond acceptors (Lipinski definition) is 5. The van der Waals surface area contributed by atoms with Crippen molar-refractivity contribution in [3.63, 3.8) is 0 Å². The van der Waals surface area contributed by atoms with Crippen LogP contribution in [0.15, 0.2) is 29.4 Å². The highest BCUT2D eigenvalue weighted by Gasteiger charge is 2.33. The normalized spacial score (nSPS) is 18.2. The minimum atomic E-state index is -0.234. The van der Waals surface area contributed by atoms with Crippen molar-refractivity contribution in [3.05, 3.63) is 29.8 Å². The van der Waals surface area contributed by atoms with Crippen LogP contribution in [0, 0.1) is 6.92 Å². The summed E-state index contributed by atoms with van der Waals surface area (Å²) >= 11 is 1.50. The van der Waals surface area contributed by atoms with Crippen LogP contribution in [-0.4, -0.2) is 39.0 Å². The van der Waals surface area contributed by atoms with Crippen LogP contribution in [0.3, 0.4) is 0 Å². The van der Waals surface area contributed by atoms with E-state index in [-0.39, 0.29) is 11.2 Å². The molecule has 1 saturated heterocycles. The largest absolute Gasteiger partial charge is 0.341 e. The molecule has 1 amide bonds. The van der Waals surface area contributed by atoms with Crippen LogP contribution in [0.2, 0.25) is 0 Å². The molecule has 1 aliphatic carbocycles. The number of thioether (sulfide) groups is 1. The summed E-state index contributed by atoms with van der Waals surface area (Å²) in [7, 11) is 0. The van der Waals surface area contributed by atoms with E-state index >= 15 is 0 Å². The first-order valence-corrected chi connectivity index (χ1v) is 10.2. The van der Waals surface area contributed by atoms with Crippen molar-refractivity contribution in [2.75, 3.05) is 23.3 Å². The summed E-state index contributed by atoms with van der Waals surface area (Å²) in [5.74, 6) is 0.983. The van der Waals surface area contributed by atoms with Gasteiger partial charge in [-0.25, -0.2) is 0 Å². The number of carbonyl (C=O) groups excluding carboxylic acids is 1. The molecule has 26 heavy (non-hydrogen) atoms. The number of para-hydroxylation sites is 1. The predicted octanol–water partition coefficient (Wildman–Crippen LogP) is 3.64. The van der Waals surface area contributed by atoms with Crippen molar-refractivity contribution in [2.24, 2.45) is 0 Å². The Balaban J connectivity index is 1.48. The van der Waals surface area contributed by atoms with E-state index in [2.05, 4.69) is 25.0 Å². The first-order valence-electron chi connectivity index (χ1n) is 9.36. The van der Waals surface area contributed by atoms with Gasteiger partial charge in [-0.3, -0.25) is 9.36 Å². The molecule has 1 atom stereocenters. The SMILES string of the molecule is Cc1ccccc1NC(=O)C(C)Sc1nnc(N2CCCC2)n1C1CC1. The smallest absolute Gasteiger partial charge is 0.237 e. The van der Waals surface area contributed by atoms with E-state index in [1.807, 2.05) is 38.1 Å². The Morgan fingerprint density at radius 1 is 1.23 bits per heavy atom. The van der Waals surface area contributed by atoms with Crippen molar-refractivity contribution in [2.45, 2.75) is 56.0 Å². The lowest BCUT2D eigenvalue weighted by atomic mass is 10.2. The van der Waals surface area contributed by atoms with E-state index in [0.29, 0.717) is 6.04 Å². The number of anilines is 2. The molecule has 0 spiro atoms. The van der Waals surface area contributed by atoms with Gasteiger partial charge >= 0.3 is 0 Å². The number of aryl methyl sites for hydroxylation is 1. The Morgan fingerprint density at radius 3 is 2.65 bits per heavy atom. The summed E-state index contributed by atoms with van der Waals surface area (Å²) in [6, 6.07) is 8.34. The minimum Gasteiger partial charge on any atom is -0.341 e. The molecule has 1 N–H and O–H groups in total. The third kappa shape index (κ3) is 3.58. The predicted molar refractivity (Wildman–Crippen MR) is 105 cm³/mol. The van der Waals surface area contributed by atoms with Gasteiger partial charge in [-0.15, -0.1) is 10.2 Å². The number of benzene rings is 1. The van der Waals surface area contributed by atoms with Gasteiger partial charge in [0.05, 0.1) is 5.25 Å². The third-order valence-corrected chi connectivity index (χ3v) is 6.06. The highest BCUT2D eigenvalue weighted by atomic mass is 32.2. The second-order valence-corrected chi connectivity index (χ2v) is 8.45. The van der Waals surface area contributed by atoms with Gasteiger partial charge in [0.2, 0.25) is 11.9 Å². The fourth-order valence-electron chi connectivity index (χ4n) is 3.29. The van der Waals surface area contributed by atoms with Crippen LogP contribution < -0.4 is 10.2 Å². The van der Waals surface area contributed by atoms with Crippen LogP contribution in [0.5, 0.6) is 0 Å². The van der Waals surface area contributed by atoms with Gasteiger partial charge in [0.25, 0.3) is 0 Å². The molecule has 2 heterocycles. The standard InChI is InChI=1S/C19H25N5OS/c1-13-7-3-4-8-16(13)20-17(25)14(2)26-19-22-21-18(23-11-5-6-12-23)24(19)15-9-10-15/h3-4,7-8,14-15H,5-6,9-12H2,1-2H3,(H,20,25). The number of aromatic nitrogens is 3. The van der Waals surface area contributed by atoms with Crippen molar-refractivity contribution < 1.29 is 4.79 Å². The number of nitrogens with one attached hydrogen (secondary N) is 1. The van der Waals surface area contributed by atoms with Crippen LogP contribution in [0.1, 0.15) is 44.2 Å². The van der Waals surface area contributed by atoms with Crippen molar-refractivity contribution in [1.82, 2.24) is 14.8 Å². The van der Waals surface area contributed by atoms with Gasteiger partial charge in [0.15, 0.2) is 5.16 Å². The molecule has 2 aliphatic rings. The Hall–Kier alpha value is -2.02. The van der Waals surface area contributed by atoms with Gasteiger partial charge in [-0.2, -0.15) is 0 Å². The Labute approximate surface area is 158 Å². The maximum Gasteiger partial charge on any atom is 0.237 e. The van der Waals surface area contributed by atoms with E-state index < -0.39 is 0 Å². The minimum absolute atomic E-state index is 0.00244. The number of nitrogens with zero attached hydrogens (tertiary/aromatic N) is 4. The van der Waals surface area contributed by atoms with Gasteiger partial charge in [0, 0.05) is 24.8 Å². The zero-order valence-electron chi connectivity index (χ0n) is 15.3. The summed E-state index contributed by atoms with van der Waals surface area (Å²) in [6.45, 7) is 6.04. The van der Waals surface area contributed by atoms with E-state index in [1.54, 1.807) is 0 Å². The monoisotopic (exact) mass is 371 g/mol. The van der Waals surface area contributed by atoms with E-state index in [4.69, 9.17) is 0 Å². The molecular formula is C19H25N5OS. The van der Waals surface area contributed by atoms with Gasteiger partial charge in [0.1, 0.15) is 0 Å². The highest BCUT2D eigenvalue weighted by molar-refractivity contribution is 8.00. The third-order valence-electron chi connectivity index (χ3n) is 5.00. The van der Waals surface area contributed by atoms with E-state index in [9.17, 15) is 4.79 Å². The molecule has 2 fully saturated rings. The summed E-state index contributed by atoms with van der Waals surface area (Å²) < 4.78 is 2.26. The van der Waals surface area contributed by atoms with Crippen LogP contribution in [-0.2, 0) is 4.79 Å². The van der Waals surface area contributed by atoms with Crippen molar-refractivity contribution >= 4 is 29.3 Å². The molecule has 1 saturated carbocycles. The number of hydrogen-bond donors (Lipinski definition) is 1. The van der Waals surface area contributed by atoms with Gasteiger partial charge < -0.3 is 10.2 Å². The van der Waals surface area contributed by atoms with Gasteiger partial charge in [-0.05, 0) is 51.2 Å². The molecule has 7 heteroatoms. The summed E-state index contributed by atoms with van der Waals surface area (Å²) in [5, 5.41) is 12.5. The molecule has 0 bridgehead atoms. The van der Waals surface area contributed by atoms with E-state index in [1.165, 1.54) is 37.4 Å². The number of amides is 1. The second-order valence-electron chi connectivity index (χ2n) is 7.14. The van der Waals surface area contributed by atoms with E-state index in [0.717, 1.165) is 35.4 Å². The lowest BCUT2D eigenvalue weighted by Gasteiger charge is -2.19. The van der Waals surface area contributed by atoms with Crippen LogP contribution in [0.25, 0.3) is 0 Å². The Bertz CT molecular complexity index is 795. The maximum atomic E-state index is 12.6. The fraction of sp³-hybridized carbons (Fsp3) is 0.526. The first-order chi connectivity index (χ1) is 12.6. The number of rotatable bonds is 6. The Morgan fingerprint density at radius 2 is 1.96 bits per heavy atom. The molecule has 138 valence electrons. The molecule has 1 aromatic carbocycles. The summed E-state index contributed by atoms with van der Waals surface area (Å²) in [4.78, 5) is 15.0. The molecule has 4 rings (SSSR count). The lowest BCUT2D eigenvalue weighted by molar-refractivity contribution is -0.115. The molecule has 1 aromatic heterocycles. The van der Waals surface area contributed by atoms with Crippen molar-refractivity contribution in [1.29, 1.82) is 0 Å². The molecule has 1 unspecified atom stereocenters. The second kappa shape index (κ2) is 7.31. The lowest BCUT2D eigenvalue weighted by Crippen LogP contribution is -2.24. The van der Waals surface area contributed by atoms with Gasteiger partial charge in [-0.1, -0.05) is 30.0 Å². The van der Waals surface area contributed by atoms with Crippen molar-refractivity contribution in [3.8, 4) is 0 Å². The molecular weight excluding hydrogens is 346 g/mol. The highest BCUT2D eigenvalue weighted by Crippen LogP contribution is 2.42. The quantitative estimate of drug-likeness (QED) is 0.786. The number of carbonyl (C=O) groups is 1. The van der Waals surface area contributed by atoms with Crippen LogP contribution in [0.4, 0.5) is 11.6 Å². The summed E-state index contributed by atoms with van der Waals surface area (Å²) in [6.07, 6.45) is 4.79. The average molecular weight is 372 g/mol. The molecule has 6 nitrogen and oxygen atoms in total. The van der Waals surface area contributed by atoms with Crippen LogP contribution >= 0.6 is 11.8 Å². The zero-order chi connectivity index (χ0) is 18.1. The maximum absolute atomic E-state index is 12.6. The summed E-state index contributed by atoms with van der Waals surface area (Å²) in [5.41, 5.74) is 1.93. The molecule has 1 aliphatic heterocycles. The first kappa shape index (κ1) is 17.4. The molecule has 0 radical (unpaired) electrons. The average Bonchev–Trinajstić information content (AvgIpc) is 3.16. The topological polar surface area (TPSA) is 63.1 Å².